The van der Waals surface area contributed by atoms with Crippen molar-refractivity contribution in [2.24, 2.45) is 0 Å². The Labute approximate surface area is 213 Å². The first-order valence-electron chi connectivity index (χ1n) is 12.2. The van der Waals surface area contributed by atoms with E-state index in [1.54, 1.807) is 37.4 Å². The van der Waals surface area contributed by atoms with Crippen molar-refractivity contribution in [2.75, 3.05) is 26.9 Å². The van der Waals surface area contributed by atoms with Crippen molar-refractivity contribution in [1.82, 2.24) is 9.29 Å². The number of rotatable bonds is 11. The van der Waals surface area contributed by atoms with E-state index in [1.165, 1.54) is 4.31 Å². The Morgan fingerprint density at radius 1 is 0.972 bits per heavy atom. The predicted molar refractivity (Wildman–Crippen MR) is 143 cm³/mol. The molecular formula is C28H34N2O5S. The highest BCUT2D eigenvalue weighted by molar-refractivity contribution is 7.89. The molecule has 36 heavy (non-hydrogen) atoms. The summed E-state index contributed by atoms with van der Waals surface area (Å²) in [5.41, 5.74) is 5.04. The van der Waals surface area contributed by atoms with Crippen molar-refractivity contribution in [3.8, 4) is 5.75 Å². The van der Waals surface area contributed by atoms with Gasteiger partial charge in [0.05, 0.1) is 18.6 Å². The van der Waals surface area contributed by atoms with Crippen LogP contribution in [0.5, 0.6) is 5.75 Å². The van der Waals surface area contributed by atoms with Gasteiger partial charge in [-0.3, -0.25) is 0 Å². The highest BCUT2D eigenvalue weighted by atomic mass is 32.2. The summed E-state index contributed by atoms with van der Waals surface area (Å²) < 4.78 is 45.9. The maximum Gasteiger partial charge on any atom is 0.243 e. The highest BCUT2D eigenvalue weighted by Crippen LogP contribution is 2.35. The zero-order chi connectivity index (χ0) is 25.9. The number of ether oxygens (including phenoxy) is 3. The van der Waals surface area contributed by atoms with E-state index < -0.39 is 16.3 Å². The minimum Gasteiger partial charge on any atom is -0.497 e. The lowest BCUT2D eigenvalue weighted by Crippen LogP contribution is -2.39. The fourth-order valence-corrected chi connectivity index (χ4v) is 6.05. The van der Waals surface area contributed by atoms with Gasteiger partial charge in [-0.2, -0.15) is 4.31 Å². The van der Waals surface area contributed by atoms with Crippen LogP contribution in [0.2, 0.25) is 0 Å². The number of aromatic amines is 1. The summed E-state index contributed by atoms with van der Waals surface area (Å²) in [6.07, 6.45) is -0.666. The lowest BCUT2D eigenvalue weighted by Gasteiger charge is -2.27. The number of hydrogen-bond acceptors (Lipinski definition) is 5. The Bertz CT molecular complexity index is 1440. The van der Waals surface area contributed by atoms with Gasteiger partial charge in [-0.25, -0.2) is 8.42 Å². The fourth-order valence-electron chi connectivity index (χ4n) is 4.62. The van der Waals surface area contributed by atoms with Crippen molar-refractivity contribution in [2.45, 2.75) is 45.4 Å². The number of benzene rings is 3. The van der Waals surface area contributed by atoms with Crippen LogP contribution in [-0.2, 0) is 26.0 Å². The Balaban J connectivity index is 1.83. The quantitative estimate of drug-likeness (QED) is 0.268. The van der Waals surface area contributed by atoms with E-state index in [-0.39, 0.29) is 18.0 Å². The first-order valence-corrected chi connectivity index (χ1v) is 13.6. The fraction of sp³-hybridized carbons (Fsp3) is 0.357. The molecule has 0 bridgehead atoms. The monoisotopic (exact) mass is 510 g/mol. The van der Waals surface area contributed by atoms with Gasteiger partial charge in [0.15, 0.2) is 6.29 Å². The molecule has 1 aromatic heterocycles. The molecule has 1 N–H and O–H groups in total. The molecule has 0 saturated carbocycles. The summed E-state index contributed by atoms with van der Waals surface area (Å²) in [6, 6.07) is 16.5. The van der Waals surface area contributed by atoms with Gasteiger partial charge in [-0.05, 0) is 74.7 Å². The van der Waals surface area contributed by atoms with Crippen molar-refractivity contribution in [1.29, 1.82) is 0 Å². The molecule has 0 unspecified atom stereocenters. The first kappa shape index (κ1) is 26.2. The minimum atomic E-state index is -3.81. The van der Waals surface area contributed by atoms with Crippen LogP contribution in [0.25, 0.3) is 21.8 Å². The van der Waals surface area contributed by atoms with Gasteiger partial charge in [0.1, 0.15) is 5.75 Å². The van der Waals surface area contributed by atoms with Crippen LogP contribution < -0.4 is 4.74 Å². The normalized spacial score (nSPS) is 12.3. The number of H-pyrrole nitrogens is 1. The van der Waals surface area contributed by atoms with Crippen LogP contribution in [0, 0.1) is 13.8 Å². The molecule has 4 rings (SSSR count). The van der Waals surface area contributed by atoms with Crippen LogP contribution >= 0.6 is 0 Å². The lowest BCUT2D eigenvalue weighted by atomic mass is 9.98. The van der Waals surface area contributed by atoms with Gasteiger partial charge in [-0.15, -0.1) is 0 Å². The number of sulfonamides is 1. The van der Waals surface area contributed by atoms with Crippen LogP contribution in [0.4, 0.5) is 0 Å². The van der Waals surface area contributed by atoms with Crippen LogP contribution in [-0.4, -0.2) is 50.9 Å². The molecule has 0 fully saturated rings. The van der Waals surface area contributed by atoms with Gasteiger partial charge in [0, 0.05) is 41.6 Å². The van der Waals surface area contributed by atoms with Gasteiger partial charge >= 0.3 is 0 Å². The summed E-state index contributed by atoms with van der Waals surface area (Å²) >= 11 is 0. The third-order valence-corrected chi connectivity index (χ3v) is 8.26. The van der Waals surface area contributed by atoms with Crippen molar-refractivity contribution < 1.29 is 22.6 Å². The average molecular weight is 511 g/mol. The molecule has 0 amide bonds. The van der Waals surface area contributed by atoms with Crippen LogP contribution in [0.15, 0.2) is 59.5 Å². The number of methoxy groups -OCH3 is 1. The van der Waals surface area contributed by atoms with E-state index in [0.717, 1.165) is 44.2 Å². The molecule has 1 heterocycles. The van der Waals surface area contributed by atoms with Gasteiger partial charge in [0.2, 0.25) is 10.0 Å². The summed E-state index contributed by atoms with van der Waals surface area (Å²) in [7, 11) is -2.16. The summed E-state index contributed by atoms with van der Waals surface area (Å²) in [4.78, 5) is 3.75. The number of nitrogens with zero attached hydrogens (tertiary/aromatic N) is 1. The van der Waals surface area contributed by atoms with Crippen molar-refractivity contribution in [3.63, 3.8) is 0 Å². The average Bonchev–Trinajstić information content (AvgIpc) is 3.27. The van der Waals surface area contributed by atoms with E-state index in [4.69, 9.17) is 14.2 Å². The number of hydrogen-bond donors (Lipinski definition) is 1. The summed E-state index contributed by atoms with van der Waals surface area (Å²) in [5, 5.41) is 2.12. The molecule has 3 aromatic carbocycles. The molecule has 0 aliphatic rings. The topological polar surface area (TPSA) is 80.9 Å². The third kappa shape index (κ3) is 5.13. The molecule has 4 aromatic rings. The Kier molecular flexibility index (Phi) is 8.00. The number of aryl methyl sites for hydroxylation is 2. The maximum atomic E-state index is 13.8. The molecule has 0 aliphatic carbocycles. The second-order valence-electron chi connectivity index (χ2n) is 8.71. The molecular weight excluding hydrogens is 476 g/mol. The number of aromatic nitrogens is 1. The molecule has 192 valence electrons. The van der Waals surface area contributed by atoms with Crippen molar-refractivity contribution >= 4 is 31.8 Å². The van der Waals surface area contributed by atoms with E-state index in [0.29, 0.717) is 13.2 Å². The highest BCUT2D eigenvalue weighted by Gasteiger charge is 2.29. The second-order valence-corrected chi connectivity index (χ2v) is 10.7. The lowest BCUT2D eigenvalue weighted by molar-refractivity contribution is -0.140. The van der Waals surface area contributed by atoms with Crippen LogP contribution in [0.1, 0.15) is 30.5 Å². The zero-order valence-corrected chi connectivity index (χ0v) is 22.3. The molecule has 0 saturated heterocycles. The zero-order valence-electron chi connectivity index (χ0n) is 21.5. The van der Waals surface area contributed by atoms with Crippen molar-refractivity contribution in [3.05, 3.63) is 71.3 Å². The summed E-state index contributed by atoms with van der Waals surface area (Å²) in [5.74, 6) is 0.774. The number of fused-ring (bicyclic) bond motifs is 3. The third-order valence-electron chi connectivity index (χ3n) is 6.43. The summed E-state index contributed by atoms with van der Waals surface area (Å²) in [6.45, 7) is 8.93. The Morgan fingerprint density at radius 2 is 1.67 bits per heavy atom. The Morgan fingerprint density at radius 3 is 2.31 bits per heavy atom. The number of nitrogens with one attached hydrogen (secondary N) is 1. The first-order chi connectivity index (χ1) is 17.3. The van der Waals surface area contributed by atoms with E-state index >= 15 is 0 Å². The van der Waals surface area contributed by atoms with Gasteiger partial charge in [-0.1, -0.05) is 24.3 Å². The molecule has 0 atom stereocenters. The standard InChI is InChI=1S/C28H34N2O5S/c1-6-34-26(35-7-2)18-30(36(31,32)23-11-9-8-10-12-23)17-21-15-19(3)28-27(20(21)4)24-16-22(33-5)13-14-25(24)29-28/h8-16,26,29H,6-7,17-18H2,1-5H3. The van der Waals surface area contributed by atoms with E-state index in [1.807, 2.05) is 45.9 Å². The Hall–Kier alpha value is -2.91. The molecule has 0 spiro atoms. The second kappa shape index (κ2) is 11.0. The van der Waals surface area contributed by atoms with E-state index in [9.17, 15) is 8.42 Å². The molecule has 0 radical (unpaired) electrons. The molecule has 7 nitrogen and oxygen atoms in total. The van der Waals surface area contributed by atoms with Gasteiger partial charge in [0.25, 0.3) is 0 Å². The maximum absolute atomic E-state index is 13.8. The predicted octanol–water partition coefficient (Wildman–Crippen LogP) is 5.54. The van der Waals surface area contributed by atoms with Gasteiger partial charge < -0.3 is 19.2 Å². The smallest absolute Gasteiger partial charge is 0.243 e. The minimum absolute atomic E-state index is 0.0805. The SMILES string of the molecule is CCOC(CN(Cc1cc(C)c2[nH]c3ccc(OC)cc3c2c1C)S(=O)(=O)c1ccccc1)OCC. The van der Waals surface area contributed by atoms with E-state index in [2.05, 4.69) is 11.1 Å². The molecule has 0 aliphatic heterocycles. The molecule has 8 heteroatoms. The van der Waals surface area contributed by atoms with Crippen LogP contribution in [0.3, 0.4) is 0 Å². The largest absolute Gasteiger partial charge is 0.497 e.